The molecule has 0 aliphatic heterocycles. The summed E-state index contributed by atoms with van der Waals surface area (Å²) in [7, 11) is 1.41. The second-order valence-corrected chi connectivity index (χ2v) is 7.14. The Balaban J connectivity index is 1.64. The minimum atomic E-state index is -0.465. The molecule has 1 aliphatic carbocycles. The lowest BCUT2D eigenvalue weighted by Gasteiger charge is -2.16. The zero-order valence-electron chi connectivity index (χ0n) is 13.6. The third-order valence-electron chi connectivity index (χ3n) is 4.11. The van der Waals surface area contributed by atoms with E-state index in [-0.39, 0.29) is 11.7 Å². The van der Waals surface area contributed by atoms with Crippen LogP contribution >= 0.6 is 11.3 Å². The molecule has 0 spiro atoms. The molecule has 1 aliphatic rings. The van der Waals surface area contributed by atoms with E-state index < -0.39 is 5.82 Å². The van der Waals surface area contributed by atoms with E-state index in [1.807, 2.05) is 6.07 Å². The highest BCUT2D eigenvalue weighted by Crippen LogP contribution is 2.32. The third kappa shape index (κ3) is 3.64. The molecule has 0 saturated carbocycles. The van der Waals surface area contributed by atoms with Gasteiger partial charge in [0.2, 0.25) is 0 Å². The van der Waals surface area contributed by atoms with E-state index in [0.717, 1.165) is 12.8 Å². The van der Waals surface area contributed by atoms with Crippen LogP contribution in [0.2, 0.25) is 0 Å². The van der Waals surface area contributed by atoms with Gasteiger partial charge >= 0.3 is 0 Å². The summed E-state index contributed by atoms with van der Waals surface area (Å²) in [6, 6.07) is 6.46. The van der Waals surface area contributed by atoms with Crippen molar-refractivity contribution in [1.29, 1.82) is 0 Å². The summed E-state index contributed by atoms with van der Waals surface area (Å²) in [6.45, 7) is 2.23. The van der Waals surface area contributed by atoms with E-state index in [4.69, 9.17) is 4.74 Å². The topological polar surface area (TPSA) is 50.7 Å². The van der Waals surface area contributed by atoms with E-state index in [2.05, 4.69) is 17.5 Å². The predicted molar refractivity (Wildman–Crippen MR) is 93.5 cm³/mol. The maximum Gasteiger partial charge on any atom is 0.281 e. The summed E-state index contributed by atoms with van der Waals surface area (Å²) in [5.74, 6) is 0.153. The fourth-order valence-electron chi connectivity index (χ4n) is 2.80. The van der Waals surface area contributed by atoms with Gasteiger partial charge in [0.1, 0.15) is 0 Å². The largest absolute Gasteiger partial charge is 0.494 e. The summed E-state index contributed by atoms with van der Waals surface area (Å²) in [4.78, 5) is 14.2. The first-order valence-electron chi connectivity index (χ1n) is 7.85. The SMILES string of the molecule is COc1ccc(/C=N\NC(=O)c2cc3c(s2)CC[C@@H](C)C3)cc1F. The lowest BCUT2D eigenvalue weighted by molar-refractivity contribution is 0.0959. The van der Waals surface area contributed by atoms with Gasteiger partial charge in [0.05, 0.1) is 18.2 Å². The molecule has 0 saturated heterocycles. The van der Waals surface area contributed by atoms with Crippen molar-refractivity contribution in [1.82, 2.24) is 5.43 Å². The Morgan fingerprint density at radius 2 is 2.29 bits per heavy atom. The summed E-state index contributed by atoms with van der Waals surface area (Å²) >= 11 is 1.54. The number of hydrogen-bond donors (Lipinski definition) is 1. The van der Waals surface area contributed by atoms with Crippen LogP contribution in [0.15, 0.2) is 29.4 Å². The molecule has 0 bridgehead atoms. The van der Waals surface area contributed by atoms with Gasteiger partial charge in [-0.25, -0.2) is 9.82 Å². The zero-order valence-corrected chi connectivity index (χ0v) is 14.5. The highest BCUT2D eigenvalue weighted by atomic mass is 32.1. The summed E-state index contributed by atoms with van der Waals surface area (Å²) in [5.41, 5.74) is 4.33. The van der Waals surface area contributed by atoms with E-state index in [1.54, 1.807) is 6.07 Å². The maximum atomic E-state index is 13.6. The Hall–Kier alpha value is -2.21. The van der Waals surface area contributed by atoms with Crippen LogP contribution in [0.1, 0.15) is 39.0 Å². The standard InChI is InChI=1S/C18H19FN2O2S/c1-11-3-6-16-13(7-11)9-17(24-16)18(22)21-20-10-12-4-5-15(23-2)14(19)8-12/h4-5,8-11H,3,6-7H2,1-2H3,(H,21,22)/b20-10-/t11-/m1/s1. The number of amides is 1. The molecular weight excluding hydrogens is 327 g/mol. The molecule has 1 atom stereocenters. The third-order valence-corrected chi connectivity index (χ3v) is 5.34. The number of hydrazone groups is 1. The lowest BCUT2D eigenvalue weighted by Crippen LogP contribution is -2.16. The van der Waals surface area contributed by atoms with Crippen molar-refractivity contribution in [2.24, 2.45) is 11.0 Å². The van der Waals surface area contributed by atoms with E-state index >= 15 is 0 Å². The van der Waals surface area contributed by atoms with Gasteiger partial charge in [-0.15, -0.1) is 11.3 Å². The van der Waals surface area contributed by atoms with E-state index in [1.165, 1.54) is 53.7 Å². The van der Waals surface area contributed by atoms with Gasteiger partial charge in [-0.3, -0.25) is 4.79 Å². The number of aryl methyl sites for hydroxylation is 1. The Bertz CT molecular complexity index is 785. The van der Waals surface area contributed by atoms with Gasteiger partial charge in [0.15, 0.2) is 11.6 Å². The van der Waals surface area contributed by atoms with Crippen LogP contribution in [0, 0.1) is 11.7 Å². The number of fused-ring (bicyclic) bond motifs is 1. The lowest BCUT2D eigenvalue weighted by atomic mass is 9.90. The van der Waals surface area contributed by atoms with Crippen molar-refractivity contribution >= 4 is 23.5 Å². The Labute approximate surface area is 144 Å². The molecule has 0 fully saturated rings. The van der Waals surface area contributed by atoms with E-state index in [9.17, 15) is 9.18 Å². The molecule has 1 aromatic carbocycles. The Morgan fingerprint density at radius 1 is 1.46 bits per heavy atom. The highest BCUT2D eigenvalue weighted by molar-refractivity contribution is 7.14. The molecule has 1 aromatic heterocycles. The van der Waals surface area contributed by atoms with Crippen molar-refractivity contribution in [3.05, 3.63) is 51.0 Å². The molecule has 4 nitrogen and oxygen atoms in total. The Morgan fingerprint density at radius 3 is 3.04 bits per heavy atom. The second-order valence-electron chi connectivity index (χ2n) is 6.00. The van der Waals surface area contributed by atoms with Crippen molar-refractivity contribution in [3.63, 3.8) is 0 Å². The number of carbonyl (C=O) groups is 1. The van der Waals surface area contributed by atoms with Gasteiger partial charge < -0.3 is 4.74 Å². The van der Waals surface area contributed by atoms with Crippen LogP contribution < -0.4 is 10.2 Å². The normalized spacial score (nSPS) is 16.9. The summed E-state index contributed by atoms with van der Waals surface area (Å²) in [5, 5.41) is 3.91. The van der Waals surface area contributed by atoms with Crippen molar-refractivity contribution in [2.45, 2.75) is 26.2 Å². The van der Waals surface area contributed by atoms with E-state index in [0.29, 0.717) is 16.4 Å². The van der Waals surface area contributed by atoms with Crippen LogP contribution in [-0.4, -0.2) is 19.2 Å². The average Bonchev–Trinajstić information content (AvgIpc) is 2.98. The maximum absolute atomic E-state index is 13.6. The van der Waals surface area contributed by atoms with Crippen LogP contribution in [0.5, 0.6) is 5.75 Å². The Kier molecular flexibility index (Phi) is 4.94. The van der Waals surface area contributed by atoms with Crippen LogP contribution in [-0.2, 0) is 12.8 Å². The molecule has 1 N–H and O–H groups in total. The van der Waals surface area contributed by atoms with Gasteiger partial charge in [0.25, 0.3) is 5.91 Å². The first-order chi connectivity index (χ1) is 11.6. The molecule has 24 heavy (non-hydrogen) atoms. The van der Waals surface area contributed by atoms with Gasteiger partial charge in [-0.2, -0.15) is 5.10 Å². The average molecular weight is 346 g/mol. The fraction of sp³-hybridized carbons (Fsp3) is 0.333. The first kappa shape index (κ1) is 16.6. The van der Waals surface area contributed by atoms with Crippen molar-refractivity contribution < 1.29 is 13.9 Å². The molecule has 126 valence electrons. The summed E-state index contributed by atoms with van der Waals surface area (Å²) < 4.78 is 18.5. The molecule has 0 unspecified atom stereocenters. The quantitative estimate of drug-likeness (QED) is 0.676. The smallest absolute Gasteiger partial charge is 0.281 e. The molecule has 0 radical (unpaired) electrons. The van der Waals surface area contributed by atoms with Crippen molar-refractivity contribution in [3.8, 4) is 5.75 Å². The predicted octanol–water partition coefficient (Wildman–Crippen LogP) is 3.78. The number of benzene rings is 1. The first-order valence-corrected chi connectivity index (χ1v) is 8.67. The van der Waals surface area contributed by atoms with Crippen LogP contribution in [0.3, 0.4) is 0 Å². The highest BCUT2D eigenvalue weighted by Gasteiger charge is 2.20. The number of ether oxygens (including phenoxy) is 1. The van der Waals surface area contributed by atoms with Crippen LogP contribution in [0.25, 0.3) is 0 Å². The molecule has 1 heterocycles. The molecular formula is C18H19FN2O2S. The number of carbonyl (C=O) groups excluding carboxylic acids is 1. The number of methoxy groups -OCH3 is 1. The minimum Gasteiger partial charge on any atom is -0.494 e. The number of halogens is 1. The minimum absolute atomic E-state index is 0.176. The number of nitrogens with one attached hydrogen (secondary N) is 1. The molecule has 6 heteroatoms. The number of hydrogen-bond acceptors (Lipinski definition) is 4. The van der Waals surface area contributed by atoms with Gasteiger partial charge in [0, 0.05) is 4.88 Å². The van der Waals surface area contributed by atoms with Gasteiger partial charge in [-0.05, 0) is 60.6 Å². The molecule has 3 rings (SSSR count). The van der Waals surface area contributed by atoms with Crippen molar-refractivity contribution in [2.75, 3.05) is 7.11 Å². The van der Waals surface area contributed by atoms with Crippen LogP contribution in [0.4, 0.5) is 4.39 Å². The summed E-state index contributed by atoms with van der Waals surface area (Å²) in [6.07, 6.45) is 4.67. The second kappa shape index (κ2) is 7.13. The van der Waals surface area contributed by atoms with Gasteiger partial charge in [-0.1, -0.05) is 6.92 Å². The number of thiophene rings is 1. The molecule has 2 aromatic rings. The monoisotopic (exact) mass is 346 g/mol. The fourth-order valence-corrected chi connectivity index (χ4v) is 3.90. The zero-order chi connectivity index (χ0) is 17.1. The number of rotatable bonds is 4. The molecule has 1 amide bonds. The number of nitrogens with zero attached hydrogens (tertiary/aromatic N) is 1.